The SMILES string of the molecule is N#Cc1ccc(-c2cccc(-c3nc(-c4ccccc4)nc(-c4ccc5ccc6ccccc6c5c4)n3)c2)cc1-c1cccc(-c2ccccc2-c2ccc3c(ccc4ccccc43)c2)c1. The van der Waals surface area contributed by atoms with Gasteiger partial charge < -0.3 is 0 Å². The second kappa shape index (κ2) is 16.3. The molecule has 4 nitrogen and oxygen atoms in total. The van der Waals surface area contributed by atoms with Gasteiger partial charge in [-0.1, -0.05) is 194 Å². The monoisotopic (exact) mass is 838 g/mol. The molecule has 0 atom stereocenters. The van der Waals surface area contributed by atoms with Crippen molar-refractivity contribution in [1.29, 1.82) is 5.26 Å². The summed E-state index contributed by atoms with van der Waals surface area (Å²) in [4.78, 5) is 15.3. The van der Waals surface area contributed by atoms with Gasteiger partial charge in [0.25, 0.3) is 0 Å². The van der Waals surface area contributed by atoms with Crippen LogP contribution in [0.5, 0.6) is 0 Å². The van der Waals surface area contributed by atoms with Crippen LogP contribution in [0.3, 0.4) is 0 Å². The highest BCUT2D eigenvalue weighted by Crippen LogP contribution is 2.39. The molecule has 0 N–H and O–H groups in total. The Morgan fingerprint density at radius 3 is 1.41 bits per heavy atom. The van der Waals surface area contributed by atoms with Crippen molar-refractivity contribution in [3.8, 4) is 84.7 Å². The largest absolute Gasteiger partial charge is 0.208 e. The van der Waals surface area contributed by atoms with Crippen LogP contribution in [0, 0.1) is 11.3 Å². The van der Waals surface area contributed by atoms with Crippen molar-refractivity contribution in [2.24, 2.45) is 0 Å². The van der Waals surface area contributed by atoms with Crippen LogP contribution < -0.4 is 0 Å². The summed E-state index contributed by atoms with van der Waals surface area (Å²) in [6.45, 7) is 0. The van der Waals surface area contributed by atoms with Crippen molar-refractivity contribution >= 4 is 43.1 Å². The fraction of sp³-hybridized carbons (Fsp3) is 0. The molecular formula is C62H38N4. The Morgan fingerprint density at radius 1 is 0.258 bits per heavy atom. The van der Waals surface area contributed by atoms with E-state index in [0.717, 1.165) is 72.0 Å². The van der Waals surface area contributed by atoms with E-state index in [4.69, 9.17) is 15.0 Å². The maximum Gasteiger partial charge on any atom is 0.164 e. The number of nitriles is 1. The molecule has 0 aliphatic carbocycles. The topological polar surface area (TPSA) is 62.5 Å². The van der Waals surface area contributed by atoms with E-state index < -0.39 is 0 Å². The zero-order valence-corrected chi connectivity index (χ0v) is 35.7. The Kier molecular flexibility index (Phi) is 9.51. The highest BCUT2D eigenvalue weighted by atomic mass is 15.0. The summed E-state index contributed by atoms with van der Waals surface area (Å²) in [5, 5.41) is 20.1. The van der Waals surface area contributed by atoms with Crippen LogP contribution in [-0.4, -0.2) is 15.0 Å². The van der Waals surface area contributed by atoms with E-state index >= 15 is 0 Å². The number of fused-ring (bicyclic) bond motifs is 6. The van der Waals surface area contributed by atoms with Crippen LogP contribution >= 0.6 is 0 Å². The molecule has 1 aromatic heterocycles. The molecule has 11 aromatic carbocycles. The predicted octanol–water partition coefficient (Wildman–Crippen LogP) is 16.0. The minimum Gasteiger partial charge on any atom is -0.208 e. The number of hydrogen-bond acceptors (Lipinski definition) is 4. The van der Waals surface area contributed by atoms with Crippen LogP contribution in [0.15, 0.2) is 231 Å². The molecule has 0 saturated carbocycles. The highest BCUT2D eigenvalue weighted by molar-refractivity contribution is 6.10. The lowest BCUT2D eigenvalue weighted by Crippen LogP contribution is -2.00. The molecule has 0 spiro atoms. The molecule has 0 aliphatic rings. The molecule has 4 heteroatoms. The van der Waals surface area contributed by atoms with Gasteiger partial charge >= 0.3 is 0 Å². The number of aromatic nitrogens is 3. The van der Waals surface area contributed by atoms with Crippen molar-refractivity contribution in [2.45, 2.75) is 0 Å². The first kappa shape index (κ1) is 38.6. The van der Waals surface area contributed by atoms with Gasteiger partial charge in [-0.25, -0.2) is 15.0 Å². The summed E-state index contributed by atoms with van der Waals surface area (Å²) in [6, 6.07) is 83.0. The Balaban J connectivity index is 0.921. The molecule has 0 amide bonds. The van der Waals surface area contributed by atoms with Crippen LogP contribution in [0.2, 0.25) is 0 Å². The second-order valence-electron chi connectivity index (χ2n) is 16.7. The molecule has 12 rings (SSSR count). The van der Waals surface area contributed by atoms with Gasteiger partial charge in [0.2, 0.25) is 0 Å². The first-order valence-corrected chi connectivity index (χ1v) is 22.1. The summed E-state index contributed by atoms with van der Waals surface area (Å²) in [5.41, 5.74) is 11.7. The lowest BCUT2D eigenvalue weighted by Gasteiger charge is -2.14. The van der Waals surface area contributed by atoms with E-state index in [-0.39, 0.29) is 0 Å². The van der Waals surface area contributed by atoms with Gasteiger partial charge in [-0.15, -0.1) is 0 Å². The first-order valence-electron chi connectivity index (χ1n) is 22.1. The number of rotatable bonds is 7. The summed E-state index contributed by atoms with van der Waals surface area (Å²) in [6.07, 6.45) is 0. The normalized spacial score (nSPS) is 11.3. The van der Waals surface area contributed by atoms with E-state index in [2.05, 4.69) is 188 Å². The third kappa shape index (κ3) is 7.02. The van der Waals surface area contributed by atoms with Gasteiger partial charge in [0, 0.05) is 22.3 Å². The maximum atomic E-state index is 10.4. The highest BCUT2D eigenvalue weighted by Gasteiger charge is 2.16. The average molecular weight is 839 g/mol. The smallest absolute Gasteiger partial charge is 0.164 e. The minimum absolute atomic E-state index is 0.582. The summed E-state index contributed by atoms with van der Waals surface area (Å²) in [5.74, 6) is 1.80. The standard InChI is InChI=1S/C62H38N4/c63-39-52-31-28-45(37-58(52)47-18-11-17-46(35-47)55-22-8-9-23-56(55)49-32-33-57-48(36-49)29-26-40-12-4-6-20-53(40)57)44-16-10-19-50(34-44)61-64-60(43-14-2-1-3-15-43)65-62(66-61)51-30-27-42-25-24-41-13-5-7-21-54(41)59(42)38-51/h1-38H. The zero-order valence-electron chi connectivity index (χ0n) is 35.7. The van der Waals surface area contributed by atoms with Crippen LogP contribution in [-0.2, 0) is 0 Å². The van der Waals surface area contributed by atoms with Gasteiger partial charge in [0.1, 0.15) is 0 Å². The van der Waals surface area contributed by atoms with Gasteiger partial charge in [-0.3, -0.25) is 0 Å². The molecule has 1 heterocycles. The fourth-order valence-corrected chi connectivity index (χ4v) is 9.41. The average Bonchev–Trinajstić information content (AvgIpc) is 3.40. The predicted molar refractivity (Wildman–Crippen MR) is 273 cm³/mol. The molecule has 306 valence electrons. The third-order valence-electron chi connectivity index (χ3n) is 12.7. The molecule has 12 aromatic rings. The molecule has 0 unspecified atom stereocenters. The molecule has 0 bridgehead atoms. The van der Waals surface area contributed by atoms with Crippen LogP contribution in [0.1, 0.15) is 5.56 Å². The van der Waals surface area contributed by atoms with E-state index in [1.807, 2.05) is 48.5 Å². The van der Waals surface area contributed by atoms with Crippen molar-refractivity contribution < 1.29 is 0 Å². The summed E-state index contributed by atoms with van der Waals surface area (Å²) >= 11 is 0. The van der Waals surface area contributed by atoms with Gasteiger partial charge in [0.15, 0.2) is 17.5 Å². The quantitative estimate of drug-likeness (QED) is 0.150. The summed E-state index contributed by atoms with van der Waals surface area (Å²) in [7, 11) is 0. The Bertz CT molecular complexity index is 3900. The van der Waals surface area contributed by atoms with Crippen LogP contribution in [0.4, 0.5) is 0 Å². The van der Waals surface area contributed by atoms with E-state index in [1.54, 1.807) is 0 Å². The van der Waals surface area contributed by atoms with Gasteiger partial charge in [0.05, 0.1) is 11.6 Å². The molecular weight excluding hydrogens is 801 g/mol. The zero-order chi connectivity index (χ0) is 44.0. The fourth-order valence-electron chi connectivity index (χ4n) is 9.41. The molecule has 0 radical (unpaired) electrons. The number of hydrogen-bond donors (Lipinski definition) is 0. The lowest BCUT2D eigenvalue weighted by atomic mass is 9.89. The first-order chi connectivity index (χ1) is 32.6. The third-order valence-corrected chi connectivity index (χ3v) is 12.7. The van der Waals surface area contributed by atoms with E-state index in [9.17, 15) is 5.26 Å². The summed E-state index contributed by atoms with van der Waals surface area (Å²) < 4.78 is 0. The molecule has 0 fully saturated rings. The lowest BCUT2D eigenvalue weighted by molar-refractivity contribution is 1.07. The number of nitrogens with zero attached hydrogens (tertiary/aromatic N) is 4. The molecule has 0 saturated heterocycles. The van der Waals surface area contributed by atoms with Crippen molar-refractivity contribution in [3.63, 3.8) is 0 Å². The molecule has 66 heavy (non-hydrogen) atoms. The Morgan fingerprint density at radius 2 is 0.697 bits per heavy atom. The maximum absolute atomic E-state index is 10.4. The Labute approximate surface area is 382 Å². The van der Waals surface area contributed by atoms with Gasteiger partial charge in [-0.05, 0) is 118 Å². The number of benzene rings is 11. The Hall–Kier alpha value is -9.04. The van der Waals surface area contributed by atoms with Crippen molar-refractivity contribution in [3.05, 3.63) is 236 Å². The van der Waals surface area contributed by atoms with Crippen molar-refractivity contribution in [1.82, 2.24) is 15.0 Å². The van der Waals surface area contributed by atoms with Crippen LogP contribution in [0.25, 0.3) is 122 Å². The van der Waals surface area contributed by atoms with E-state index in [1.165, 1.54) is 32.3 Å². The minimum atomic E-state index is 0.582. The second-order valence-corrected chi connectivity index (χ2v) is 16.7. The van der Waals surface area contributed by atoms with E-state index in [0.29, 0.717) is 23.0 Å². The van der Waals surface area contributed by atoms with Gasteiger partial charge in [-0.2, -0.15) is 5.26 Å². The van der Waals surface area contributed by atoms with Crippen molar-refractivity contribution in [2.75, 3.05) is 0 Å². The molecule has 0 aliphatic heterocycles.